The lowest BCUT2D eigenvalue weighted by molar-refractivity contribution is -0.384. The molecule has 0 spiro atoms. The van der Waals surface area contributed by atoms with Crippen molar-refractivity contribution in [1.82, 2.24) is 0 Å². The second-order valence-electron chi connectivity index (χ2n) is 4.25. The third-order valence-electron chi connectivity index (χ3n) is 3.21. The van der Waals surface area contributed by atoms with Gasteiger partial charge in [-0.3, -0.25) is 14.9 Å². The van der Waals surface area contributed by atoms with Crippen LogP contribution < -0.4 is 0 Å². The maximum atomic E-state index is 11.2. The summed E-state index contributed by atoms with van der Waals surface area (Å²) in [4.78, 5) is 21.2. The molecule has 2 N–H and O–H groups in total. The Morgan fingerprint density at radius 3 is 2.24 bits per heavy atom. The van der Waals surface area contributed by atoms with Crippen LogP contribution in [0.1, 0.15) is 18.4 Å². The molecular formula is C11H11NO5. The highest BCUT2D eigenvalue weighted by molar-refractivity contribution is 5.83. The number of aliphatic hydroxyl groups is 1. The molecule has 0 heterocycles. The molecule has 1 saturated carbocycles. The summed E-state index contributed by atoms with van der Waals surface area (Å²) in [7, 11) is 0. The minimum atomic E-state index is -1.09. The normalized spacial score (nSPS) is 27.2. The number of carboxylic acid groups (broad SMARTS) is 1. The van der Waals surface area contributed by atoms with Crippen molar-refractivity contribution in [2.75, 3.05) is 0 Å². The van der Waals surface area contributed by atoms with E-state index in [0.29, 0.717) is 5.56 Å². The summed E-state index contributed by atoms with van der Waals surface area (Å²) in [6, 6.07) is 5.45. The summed E-state index contributed by atoms with van der Waals surface area (Å²) in [6.07, 6.45) is -0.304. The lowest BCUT2D eigenvalue weighted by Gasteiger charge is -2.42. The summed E-state index contributed by atoms with van der Waals surface area (Å²) in [5.74, 6) is -1.00. The van der Waals surface area contributed by atoms with E-state index in [4.69, 9.17) is 0 Å². The lowest BCUT2D eigenvalue weighted by Crippen LogP contribution is -2.50. The molecule has 2 rings (SSSR count). The molecule has 0 bridgehead atoms. The Morgan fingerprint density at radius 1 is 1.35 bits per heavy atom. The molecule has 0 aromatic heterocycles. The lowest BCUT2D eigenvalue weighted by atomic mass is 9.63. The molecule has 0 atom stereocenters. The first-order valence-electron chi connectivity index (χ1n) is 5.12. The summed E-state index contributed by atoms with van der Waals surface area (Å²) in [6.45, 7) is 0. The summed E-state index contributed by atoms with van der Waals surface area (Å²) < 4.78 is 0. The molecule has 1 fully saturated rings. The van der Waals surface area contributed by atoms with Crippen LogP contribution in [0.2, 0.25) is 0 Å². The third kappa shape index (κ3) is 1.76. The van der Waals surface area contributed by atoms with Crippen LogP contribution in [-0.2, 0) is 10.2 Å². The van der Waals surface area contributed by atoms with Gasteiger partial charge in [-0.1, -0.05) is 12.1 Å². The van der Waals surface area contributed by atoms with Crippen LogP contribution >= 0.6 is 0 Å². The van der Waals surface area contributed by atoms with Crippen molar-refractivity contribution < 1.29 is 19.9 Å². The topological polar surface area (TPSA) is 101 Å². The highest BCUT2D eigenvalue weighted by Crippen LogP contribution is 2.44. The van der Waals surface area contributed by atoms with Gasteiger partial charge in [0, 0.05) is 12.1 Å². The monoisotopic (exact) mass is 237 g/mol. The fourth-order valence-electron chi connectivity index (χ4n) is 2.18. The largest absolute Gasteiger partial charge is 0.481 e. The molecule has 6 nitrogen and oxygen atoms in total. The Hall–Kier alpha value is -1.95. The molecule has 1 aromatic rings. The Balaban J connectivity index is 2.33. The third-order valence-corrected chi connectivity index (χ3v) is 3.21. The standard InChI is InChI=1S/C11H11NO5/c13-9-5-11(6-9,10(14)15)7-1-3-8(4-2-7)12(16)17/h1-4,9,13H,5-6H2,(H,14,15). The number of non-ortho nitro benzene ring substituents is 1. The van der Waals surface area contributed by atoms with Crippen LogP contribution in [0.5, 0.6) is 0 Å². The van der Waals surface area contributed by atoms with E-state index in [1.807, 2.05) is 0 Å². The van der Waals surface area contributed by atoms with E-state index < -0.39 is 22.4 Å². The van der Waals surface area contributed by atoms with Gasteiger partial charge in [-0.2, -0.15) is 0 Å². The molecule has 1 aliphatic carbocycles. The van der Waals surface area contributed by atoms with Gasteiger partial charge < -0.3 is 10.2 Å². The number of aliphatic carboxylic acids is 1. The first kappa shape index (κ1) is 11.5. The van der Waals surface area contributed by atoms with Crippen molar-refractivity contribution >= 4 is 11.7 Å². The Labute approximate surface area is 96.7 Å². The Bertz CT molecular complexity index is 461. The van der Waals surface area contributed by atoms with E-state index in [-0.39, 0.29) is 18.5 Å². The fourth-order valence-corrected chi connectivity index (χ4v) is 2.18. The zero-order valence-corrected chi connectivity index (χ0v) is 8.87. The number of carboxylic acids is 1. The first-order chi connectivity index (χ1) is 7.95. The molecule has 1 aliphatic rings. The highest BCUT2D eigenvalue weighted by atomic mass is 16.6. The van der Waals surface area contributed by atoms with Crippen LogP contribution in [0.3, 0.4) is 0 Å². The molecule has 0 saturated heterocycles. The van der Waals surface area contributed by atoms with Gasteiger partial charge in [0.15, 0.2) is 0 Å². The second-order valence-corrected chi connectivity index (χ2v) is 4.25. The number of nitro groups is 1. The van der Waals surface area contributed by atoms with E-state index in [0.717, 1.165) is 0 Å². The van der Waals surface area contributed by atoms with Gasteiger partial charge >= 0.3 is 5.97 Å². The second kappa shape index (κ2) is 3.81. The number of carbonyl (C=O) groups is 1. The minimum absolute atomic E-state index is 0.0749. The van der Waals surface area contributed by atoms with Crippen molar-refractivity contribution in [3.05, 3.63) is 39.9 Å². The molecule has 6 heteroatoms. The zero-order chi connectivity index (χ0) is 12.6. The van der Waals surface area contributed by atoms with Gasteiger partial charge in [-0.25, -0.2) is 0 Å². The highest BCUT2D eigenvalue weighted by Gasteiger charge is 2.51. The smallest absolute Gasteiger partial charge is 0.314 e. The molecule has 0 unspecified atom stereocenters. The number of nitrogens with zero attached hydrogens (tertiary/aromatic N) is 1. The fraction of sp³-hybridized carbons (Fsp3) is 0.364. The number of hydrogen-bond donors (Lipinski definition) is 2. The molecule has 0 amide bonds. The van der Waals surface area contributed by atoms with Crippen molar-refractivity contribution in [2.45, 2.75) is 24.4 Å². The van der Waals surface area contributed by atoms with Gasteiger partial charge in [0.25, 0.3) is 5.69 Å². The average Bonchev–Trinajstić information content (AvgIpc) is 2.24. The molecule has 1 aromatic carbocycles. The summed E-state index contributed by atoms with van der Waals surface area (Å²) in [5, 5.41) is 28.9. The van der Waals surface area contributed by atoms with Gasteiger partial charge in [-0.15, -0.1) is 0 Å². The van der Waals surface area contributed by atoms with Crippen LogP contribution in [0.4, 0.5) is 5.69 Å². The molecular weight excluding hydrogens is 226 g/mol. The predicted molar refractivity (Wildman–Crippen MR) is 57.7 cm³/mol. The van der Waals surface area contributed by atoms with Gasteiger partial charge in [0.1, 0.15) is 0 Å². The van der Waals surface area contributed by atoms with Crippen LogP contribution in [0.25, 0.3) is 0 Å². The minimum Gasteiger partial charge on any atom is -0.481 e. The number of aliphatic hydroxyl groups excluding tert-OH is 1. The number of nitro benzene ring substituents is 1. The Morgan fingerprint density at radius 2 is 1.88 bits per heavy atom. The van der Waals surface area contributed by atoms with Crippen molar-refractivity contribution in [1.29, 1.82) is 0 Å². The summed E-state index contributed by atoms with van der Waals surface area (Å²) >= 11 is 0. The number of benzene rings is 1. The van der Waals surface area contributed by atoms with E-state index in [2.05, 4.69) is 0 Å². The van der Waals surface area contributed by atoms with Crippen molar-refractivity contribution in [2.24, 2.45) is 0 Å². The van der Waals surface area contributed by atoms with E-state index >= 15 is 0 Å². The van der Waals surface area contributed by atoms with Crippen molar-refractivity contribution in [3.63, 3.8) is 0 Å². The average molecular weight is 237 g/mol. The maximum Gasteiger partial charge on any atom is 0.314 e. The molecule has 0 radical (unpaired) electrons. The quantitative estimate of drug-likeness (QED) is 0.605. The van der Waals surface area contributed by atoms with Crippen LogP contribution in [0, 0.1) is 10.1 Å². The van der Waals surface area contributed by atoms with Crippen LogP contribution in [-0.4, -0.2) is 27.2 Å². The van der Waals surface area contributed by atoms with Crippen LogP contribution in [0.15, 0.2) is 24.3 Å². The van der Waals surface area contributed by atoms with Gasteiger partial charge in [-0.05, 0) is 18.4 Å². The van der Waals surface area contributed by atoms with E-state index in [1.165, 1.54) is 24.3 Å². The van der Waals surface area contributed by atoms with E-state index in [1.54, 1.807) is 0 Å². The van der Waals surface area contributed by atoms with Gasteiger partial charge in [0.2, 0.25) is 0 Å². The molecule has 0 aliphatic heterocycles. The zero-order valence-electron chi connectivity index (χ0n) is 8.87. The van der Waals surface area contributed by atoms with E-state index in [9.17, 15) is 25.1 Å². The molecule has 90 valence electrons. The Kier molecular flexibility index (Phi) is 2.59. The predicted octanol–water partition coefficient (Wildman–Crippen LogP) is 1.07. The molecule has 17 heavy (non-hydrogen) atoms. The number of hydrogen-bond acceptors (Lipinski definition) is 4. The maximum absolute atomic E-state index is 11.2. The van der Waals surface area contributed by atoms with Gasteiger partial charge in [0.05, 0.1) is 16.4 Å². The number of rotatable bonds is 3. The summed E-state index contributed by atoms with van der Waals surface area (Å²) in [5.41, 5.74) is -0.663. The SMILES string of the molecule is O=C(O)C1(c2ccc([N+](=O)[O-])cc2)CC(O)C1. The first-order valence-corrected chi connectivity index (χ1v) is 5.12. The van der Waals surface area contributed by atoms with Crippen molar-refractivity contribution in [3.8, 4) is 0 Å².